The van der Waals surface area contributed by atoms with Crippen LogP contribution in [0.3, 0.4) is 0 Å². The third kappa shape index (κ3) is 4.88. The van der Waals surface area contributed by atoms with Crippen molar-refractivity contribution in [3.8, 4) is 5.75 Å². The number of ether oxygens (including phenoxy) is 2. The topological polar surface area (TPSA) is 50.8 Å². The van der Waals surface area contributed by atoms with Crippen LogP contribution in [0.5, 0.6) is 5.75 Å². The van der Waals surface area contributed by atoms with Crippen molar-refractivity contribution in [1.29, 1.82) is 0 Å². The predicted octanol–water partition coefficient (Wildman–Crippen LogP) is 4.21. The van der Waals surface area contributed by atoms with E-state index in [4.69, 9.17) is 21.1 Å². The van der Waals surface area contributed by atoms with Gasteiger partial charge >= 0.3 is 6.18 Å². The van der Waals surface area contributed by atoms with Gasteiger partial charge in [0.1, 0.15) is 5.75 Å². The number of nitrogens with one attached hydrogen (secondary N) is 1. The fourth-order valence-electron chi connectivity index (χ4n) is 2.88. The van der Waals surface area contributed by atoms with Gasteiger partial charge in [-0.1, -0.05) is 29.8 Å². The predicted molar refractivity (Wildman–Crippen MR) is 100 cm³/mol. The molecule has 0 unspecified atom stereocenters. The molecule has 1 aliphatic rings. The Hall–Kier alpha value is -2.45. The number of hydrogen-bond acceptors (Lipinski definition) is 4. The van der Waals surface area contributed by atoms with E-state index in [1.54, 1.807) is 18.2 Å². The summed E-state index contributed by atoms with van der Waals surface area (Å²) in [6.07, 6.45) is -4.57. The monoisotopic (exact) mass is 414 g/mol. The number of nitrogens with zero attached hydrogens (tertiary/aromatic N) is 1. The molecule has 0 spiro atoms. The molecule has 1 saturated heterocycles. The Balaban J connectivity index is 1.70. The van der Waals surface area contributed by atoms with E-state index in [1.165, 1.54) is 18.2 Å². The highest BCUT2D eigenvalue weighted by atomic mass is 35.5. The zero-order chi connectivity index (χ0) is 20.1. The van der Waals surface area contributed by atoms with Gasteiger partial charge in [-0.15, -0.1) is 0 Å². The third-order valence-corrected chi connectivity index (χ3v) is 4.44. The lowest BCUT2D eigenvalue weighted by atomic mass is 10.2. The number of morpholine rings is 1. The fraction of sp³-hybridized carbons (Fsp3) is 0.316. The van der Waals surface area contributed by atoms with E-state index in [0.29, 0.717) is 42.7 Å². The van der Waals surface area contributed by atoms with E-state index in [-0.39, 0.29) is 0 Å². The average molecular weight is 415 g/mol. The molecular weight excluding hydrogens is 397 g/mol. The lowest BCUT2D eigenvalue weighted by Crippen LogP contribution is -2.37. The molecule has 28 heavy (non-hydrogen) atoms. The van der Waals surface area contributed by atoms with Crippen LogP contribution < -0.4 is 15.0 Å². The summed E-state index contributed by atoms with van der Waals surface area (Å²) in [7, 11) is 0. The first-order valence-electron chi connectivity index (χ1n) is 8.56. The SMILES string of the molecule is O=C(COc1ccccc1C(F)(F)F)Nc1cccc(Cl)c1N1CCOCC1. The third-order valence-electron chi connectivity index (χ3n) is 4.14. The van der Waals surface area contributed by atoms with Crippen molar-refractivity contribution in [2.45, 2.75) is 6.18 Å². The molecule has 0 bridgehead atoms. The second kappa shape index (κ2) is 8.70. The molecule has 1 fully saturated rings. The first kappa shape index (κ1) is 20.3. The Bertz CT molecular complexity index is 839. The second-order valence-electron chi connectivity index (χ2n) is 6.07. The van der Waals surface area contributed by atoms with Crippen molar-refractivity contribution in [2.24, 2.45) is 0 Å². The molecule has 0 saturated carbocycles. The molecule has 1 heterocycles. The highest BCUT2D eigenvalue weighted by molar-refractivity contribution is 6.34. The summed E-state index contributed by atoms with van der Waals surface area (Å²) in [5, 5.41) is 3.13. The van der Waals surface area contributed by atoms with Crippen molar-refractivity contribution in [2.75, 3.05) is 43.1 Å². The van der Waals surface area contributed by atoms with Crippen LogP contribution >= 0.6 is 11.6 Å². The minimum atomic E-state index is -4.57. The molecule has 9 heteroatoms. The summed E-state index contributed by atoms with van der Waals surface area (Å²) in [4.78, 5) is 14.3. The first-order chi connectivity index (χ1) is 13.4. The van der Waals surface area contributed by atoms with E-state index in [1.807, 2.05) is 4.90 Å². The number of carbonyl (C=O) groups is 1. The average Bonchev–Trinajstić information content (AvgIpc) is 2.67. The highest BCUT2D eigenvalue weighted by Gasteiger charge is 2.34. The smallest absolute Gasteiger partial charge is 0.419 e. The molecule has 0 atom stereocenters. The van der Waals surface area contributed by atoms with Crippen LogP contribution in [0, 0.1) is 0 Å². The van der Waals surface area contributed by atoms with Crippen LogP contribution in [0.25, 0.3) is 0 Å². The quantitative estimate of drug-likeness (QED) is 0.796. The fourth-order valence-corrected chi connectivity index (χ4v) is 3.17. The van der Waals surface area contributed by atoms with E-state index in [2.05, 4.69) is 5.32 Å². The second-order valence-corrected chi connectivity index (χ2v) is 6.47. The molecule has 0 aromatic heterocycles. The Morgan fingerprint density at radius 3 is 2.57 bits per heavy atom. The number of hydrogen-bond donors (Lipinski definition) is 1. The zero-order valence-electron chi connectivity index (χ0n) is 14.8. The Labute approximate surface area is 165 Å². The highest BCUT2D eigenvalue weighted by Crippen LogP contribution is 2.36. The number of halogens is 4. The lowest BCUT2D eigenvalue weighted by Gasteiger charge is -2.31. The normalized spacial score (nSPS) is 14.6. The molecule has 0 radical (unpaired) electrons. The summed E-state index contributed by atoms with van der Waals surface area (Å²) in [5.74, 6) is -0.988. The summed E-state index contributed by atoms with van der Waals surface area (Å²) >= 11 is 6.30. The first-order valence-corrected chi connectivity index (χ1v) is 8.94. The van der Waals surface area contributed by atoms with Gasteiger partial charge in [-0.2, -0.15) is 13.2 Å². The minimum Gasteiger partial charge on any atom is -0.483 e. The number of benzene rings is 2. The molecule has 2 aromatic carbocycles. The lowest BCUT2D eigenvalue weighted by molar-refractivity contribution is -0.139. The van der Waals surface area contributed by atoms with E-state index in [0.717, 1.165) is 6.07 Å². The van der Waals surface area contributed by atoms with Crippen LogP contribution in [0.15, 0.2) is 42.5 Å². The number of rotatable bonds is 5. The molecule has 150 valence electrons. The van der Waals surface area contributed by atoms with Crippen LogP contribution in [0.1, 0.15) is 5.56 Å². The molecule has 1 N–H and O–H groups in total. The summed E-state index contributed by atoms with van der Waals surface area (Å²) < 4.78 is 49.5. The van der Waals surface area contributed by atoms with Gasteiger partial charge in [-0.05, 0) is 24.3 Å². The maximum atomic E-state index is 13.0. The number of alkyl halides is 3. The number of para-hydroxylation sites is 2. The van der Waals surface area contributed by atoms with Gasteiger partial charge in [-0.3, -0.25) is 4.79 Å². The Kier molecular flexibility index (Phi) is 6.31. The molecule has 1 amide bonds. The molecule has 0 aliphatic carbocycles. The molecule has 5 nitrogen and oxygen atoms in total. The molecular formula is C19H18ClF3N2O3. The van der Waals surface area contributed by atoms with Crippen molar-refractivity contribution in [3.63, 3.8) is 0 Å². The maximum Gasteiger partial charge on any atom is 0.419 e. The van der Waals surface area contributed by atoms with Crippen LogP contribution in [0.2, 0.25) is 5.02 Å². The standard InChI is InChI=1S/C19H18ClF3N2O3/c20-14-5-3-6-15(18(14)25-8-10-27-11-9-25)24-17(26)12-28-16-7-2-1-4-13(16)19(21,22)23/h1-7H,8-12H2,(H,24,26). The molecule has 3 rings (SSSR count). The van der Waals surface area contributed by atoms with Gasteiger partial charge in [0, 0.05) is 13.1 Å². The van der Waals surface area contributed by atoms with Gasteiger partial charge < -0.3 is 19.7 Å². The van der Waals surface area contributed by atoms with Gasteiger partial charge in [-0.25, -0.2) is 0 Å². The Morgan fingerprint density at radius 1 is 1.14 bits per heavy atom. The zero-order valence-corrected chi connectivity index (χ0v) is 15.5. The summed E-state index contributed by atoms with van der Waals surface area (Å²) in [5.41, 5.74) is 0.183. The van der Waals surface area contributed by atoms with Crippen LogP contribution in [-0.4, -0.2) is 38.8 Å². The van der Waals surface area contributed by atoms with Crippen LogP contribution in [-0.2, 0) is 15.7 Å². The van der Waals surface area contributed by atoms with E-state index >= 15 is 0 Å². The van der Waals surface area contributed by atoms with Crippen molar-refractivity contribution >= 4 is 28.9 Å². The number of carbonyl (C=O) groups excluding carboxylic acids is 1. The number of amides is 1. The summed E-state index contributed by atoms with van der Waals surface area (Å²) in [6.45, 7) is 1.73. The van der Waals surface area contributed by atoms with Gasteiger partial charge in [0.15, 0.2) is 6.61 Å². The largest absolute Gasteiger partial charge is 0.483 e. The number of anilines is 2. The van der Waals surface area contributed by atoms with Crippen molar-refractivity contribution < 1.29 is 27.4 Å². The summed E-state index contributed by atoms with van der Waals surface area (Å²) in [6, 6.07) is 9.82. The van der Waals surface area contributed by atoms with Crippen molar-refractivity contribution in [1.82, 2.24) is 0 Å². The van der Waals surface area contributed by atoms with E-state index < -0.39 is 30.0 Å². The Morgan fingerprint density at radius 2 is 1.86 bits per heavy atom. The minimum absolute atomic E-state index is 0.398. The molecule has 1 aliphatic heterocycles. The van der Waals surface area contributed by atoms with Gasteiger partial charge in [0.05, 0.1) is 35.2 Å². The van der Waals surface area contributed by atoms with Gasteiger partial charge in [0.25, 0.3) is 5.91 Å². The van der Waals surface area contributed by atoms with Crippen LogP contribution in [0.4, 0.5) is 24.5 Å². The van der Waals surface area contributed by atoms with Crippen molar-refractivity contribution in [3.05, 3.63) is 53.1 Å². The maximum absolute atomic E-state index is 13.0. The van der Waals surface area contributed by atoms with Gasteiger partial charge in [0.2, 0.25) is 0 Å². The van der Waals surface area contributed by atoms with E-state index in [9.17, 15) is 18.0 Å². The molecule has 2 aromatic rings.